The van der Waals surface area contributed by atoms with E-state index in [4.69, 9.17) is 15.9 Å². The van der Waals surface area contributed by atoms with Gasteiger partial charge >= 0.3 is 0 Å². The standard InChI is InChI=1S/C10H16N4O3S/c1-17-7-6-13-18(15,16)14-9-5-3-2-4-8(9)10(11)12/h2-5,13-14H,6-7H2,1H3,(H3,11,12). The number of hydrogen-bond acceptors (Lipinski definition) is 4. The van der Waals surface area contributed by atoms with E-state index in [0.717, 1.165) is 0 Å². The predicted octanol–water partition coefficient (Wildman–Crippen LogP) is -0.137. The highest BCUT2D eigenvalue weighted by Gasteiger charge is 2.12. The molecule has 0 bridgehead atoms. The summed E-state index contributed by atoms with van der Waals surface area (Å²) in [5.41, 5.74) is 5.95. The fourth-order valence-corrected chi connectivity index (χ4v) is 2.16. The second kappa shape index (κ2) is 6.34. The third-order valence-electron chi connectivity index (χ3n) is 2.06. The fourth-order valence-electron chi connectivity index (χ4n) is 1.27. The highest BCUT2D eigenvalue weighted by atomic mass is 32.2. The zero-order valence-electron chi connectivity index (χ0n) is 9.93. The molecule has 8 heteroatoms. The zero-order valence-corrected chi connectivity index (χ0v) is 10.8. The van der Waals surface area contributed by atoms with Crippen molar-refractivity contribution in [2.24, 2.45) is 5.73 Å². The summed E-state index contributed by atoms with van der Waals surface area (Å²) in [7, 11) is -2.22. The topological polar surface area (TPSA) is 117 Å². The van der Waals surface area contributed by atoms with Gasteiger partial charge in [0.1, 0.15) is 5.84 Å². The van der Waals surface area contributed by atoms with Crippen molar-refractivity contribution in [2.45, 2.75) is 0 Å². The molecule has 0 amide bonds. The monoisotopic (exact) mass is 272 g/mol. The van der Waals surface area contributed by atoms with E-state index in [1.807, 2.05) is 0 Å². The molecule has 0 unspecified atom stereocenters. The van der Waals surface area contributed by atoms with Crippen LogP contribution in [0.15, 0.2) is 24.3 Å². The van der Waals surface area contributed by atoms with E-state index in [1.54, 1.807) is 18.2 Å². The first-order valence-corrected chi connectivity index (χ1v) is 6.64. The number of methoxy groups -OCH3 is 1. The minimum atomic E-state index is -3.70. The van der Waals surface area contributed by atoms with Gasteiger partial charge in [-0.05, 0) is 12.1 Å². The molecule has 0 atom stereocenters. The van der Waals surface area contributed by atoms with Crippen LogP contribution < -0.4 is 15.2 Å². The molecule has 5 N–H and O–H groups in total. The van der Waals surface area contributed by atoms with Crippen molar-refractivity contribution >= 4 is 21.7 Å². The summed E-state index contributed by atoms with van der Waals surface area (Å²) in [5, 5.41) is 7.35. The number of nitrogens with one attached hydrogen (secondary N) is 3. The molecule has 0 aliphatic heterocycles. The largest absolute Gasteiger partial charge is 0.384 e. The van der Waals surface area contributed by atoms with Gasteiger partial charge in [-0.15, -0.1) is 0 Å². The number of nitrogens with two attached hydrogens (primary N) is 1. The van der Waals surface area contributed by atoms with Gasteiger partial charge in [0.15, 0.2) is 0 Å². The summed E-state index contributed by atoms with van der Waals surface area (Å²) in [6.07, 6.45) is 0. The van der Waals surface area contributed by atoms with Gasteiger partial charge in [-0.1, -0.05) is 12.1 Å². The van der Waals surface area contributed by atoms with Crippen LogP contribution in [-0.4, -0.2) is 34.5 Å². The lowest BCUT2D eigenvalue weighted by atomic mass is 10.2. The minimum Gasteiger partial charge on any atom is -0.384 e. The van der Waals surface area contributed by atoms with Crippen LogP contribution in [0.25, 0.3) is 0 Å². The number of rotatable bonds is 7. The van der Waals surface area contributed by atoms with Crippen LogP contribution in [0.5, 0.6) is 0 Å². The number of ether oxygens (including phenoxy) is 1. The van der Waals surface area contributed by atoms with Crippen molar-refractivity contribution in [1.29, 1.82) is 5.41 Å². The average Bonchev–Trinajstić information content (AvgIpc) is 2.29. The van der Waals surface area contributed by atoms with Gasteiger partial charge in [-0.3, -0.25) is 10.1 Å². The summed E-state index contributed by atoms with van der Waals surface area (Å²) >= 11 is 0. The summed E-state index contributed by atoms with van der Waals surface area (Å²) in [4.78, 5) is 0. The van der Waals surface area contributed by atoms with E-state index < -0.39 is 10.2 Å². The number of amidine groups is 1. The molecule has 100 valence electrons. The maximum atomic E-state index is 11.7. The maximum absolute atomic E-state index is 11.7. The van der Waals surface area contributed by atoms with E-state index in [1.165, 1.54) is 13.2 Å². The Balaban J connectivity index is 2.81. The highest BCUT2D eigenvalue weighted by molar-refractivity contribution is 7.90. The summed E-state index contributed by atoms with van der Waals surface area (Å²) in [6.45, 7) is 0.434. The lowest BCUT2D eigenvalue weighted by molar-refractivity contribution is 0.204. The third-order valence-corrected chi connectivity index (χ3v) is 3.13. The number of para-hydroxylation sites is 1. The second-order valence-corrected chi connectivity index (χ2v) is 4.95. The lowest BCUT2D eigenvalue weighted by Crippen LogP contribution is -2.33. The molecule has 7 nitrogen and oxygen atoms in total. The Bertz CT molecular complexity index is 516. The molecule has 0 aliphatic rings. The van der Waals surface area contributed by atoms with Crippen LogP contribution in [0, 0.1) is 5.41 Å². The highest BCUT2D eigenvalue weighted by Crippen LogP contribution is 2.15. The van der Waals surface area contributed by atoms with Gasteiger partial charge in [-0.25, -0.2) is 0 Å². The predicted molar refractivity (Wildman–Crippen MR) is 69.9 cm³/mol. The van der Waals surface area contributed by atoms with E-state index in [-0.39, 0.29) is 24.7 Å². The maximum Gasteiger partial charge on any atom is 0.299 e. The fraction of sp³-hybridized carbons (Fsp3) is 0.300. The van der Waals surface area contributed by atoms with Crippen molar-refractivity contribution in [3.63, 3.8) is 0 Å². The lowest BCUT2D eigenvalue weighted by Gasteiger charge is -2.12. The molecule has 0 radical (unpaired) electrons. The molecule has 1 aromatic rings. The molecule has 1 rings (SSSR count). The van der Waals surface area contributed by atoms with Crippen LogP contribution in [0.4, 0.5) is 5.69 Å². The Kier molecular flexibility index (Phi) is 5.08. The average molecular weight is 272 g/mol. The molecule has 18 heavy (non-hydrogen) atoms. The van der Waals surface area contributed by atoms with Gasteiger partial charge < -0.3 is 10.5 Å². The summed E-state index contributed by atoms with van der Waals surface area (Å²) < 4.78 is 32.7. The summed E-state index contributed by atoms with van der Waals surface area (Å²) in [5.74, 6) is -0.204. The molecule has 0 fully saturated rings. The molecule has 0 saturated heterocycles. The van der Waals surface area contributed by atoms with Crippen molar-refractivity contribution in [3.8, 4) is 0 Å². The van der Waals surface area contributed by atoms with Gasteiger partial charge in [-0.2, -0.15) is 13.1 Å². The molecular formula is C10H16N4O3S. The summed E-state index contributed by atoms with van der Waals surface area (Å²) in [6, 6.07) is 6.42. The molecule has 0 saturated carbocycles. The van der Waals surface area contributed by atoms with Crippen LogP contribution in [0.2, 0.25) is 0 Å². The van der Waals surface area contributed by atoms with E-state index >= 15 is 0 Å². The van der Waals surface area contributed by atoms with Crippen molar-refractivity contribution in [3.05, 3.63) is 29.8 Å². The number of anilines is 1. The normalized spacial score (nSPS) is 11.2. The quantitative estimate of drug-likeness (QED) is 0.314. The van der Waals surface area contributed by atoms with E-state index in [9.17, 15) is 8.42 Å². The first-order chi connectivity index (χ1) is 8.46. The van der Waals surface area contributed by atoms with Gasteiger partial charge in [0.05, 0.1) is 12.3 Å². The molecular weight excluding hydrogens is 256 g/mol. The van der Waals surface area contributed by atoms with E-state index in [0.29, 0.717) is 5.56 Å². The smallest absolute Gasteiger partial charge is 0.299 e. The first kappa shape index (κ1) is 14.4. The Hall–Kier alpha value is -1.64. The molecule has 1 aromatic carbocycles. The van der Waals surface area contributed by atoms with Crippen molar-refractivity contribution < 1.29 is 13.2 Å². The Morgan fingerprint density at radius 2 is 2.11 bits per heavy atom. The third kappa shape index (κ3) is 4.32. The van der Waals surface area contributed by atoms with Crippen LogP contribution in [0.3, 0.4) is 0 Å². The van der Waals surface area contributed by atoms with Crippen molar-refractivity contribution in [2.75, 3.05) is 25.0 Å². The molecule has 0 heterocycles. The Morgan fingerprint density at radius 3 is 2.72 bits per heavy atom. The second-order valence-electron chi connectivity index (χ2n) is 3.45. The van der Waals surface area contributed by atoms with E-state index in [2.05, 4.69) is 9.44 Å². The Morgan fingerprint density at radius 1 is 1.44 bits per heavy atom. The van der Waals surface area contributed by atoms with Gasteiger partial charge in [0.2, 0.25) is 0 Å². The Labute approximate surface area is 106 Å². The van der Waals surface area contributed by atoms with Gasteiger partial charge in [0.25, 0.3) is 10.2 Å². The number of hydrogen-bond donors (Lipinski definition) is 4. The number of nitrogen functional groups attached to an aromatic ring is 1. The van der Waals surface area contributed by atoms with Crippen LogP contribution in [0.1, 0.15) is 5.56 Å². The van der Waals surface area contributed by atoms with Crippen LogP contribution in [-0.2, 0) is 14.9 Å². The molecule has 0 aliphatic carbocycles. The van der Waals surface area contributed by atoms with Gasteiger partial charge in [0, 0.05) is 19.2 Å². The number of benzene rings is 1. The molecule has 0 spiro atoms. The zero-order chi connectivity index (χ0) is 13.6. The first-order valence-electron chi connectivity index (χ1n) is 5.16. The minimum absolute atomic E-state index is 0.161. The van der Waals surface area contributed by atoms with Crippen LogP contribution >= 0.6 is 0 Å². The SMILES string of the molecule is COCCNS(=O)(=O)Nc1ccccc1C(=N)N. The van der Waals surface area contributed by atoms with Crippen molar-refractivity contribution in [1.82, 2.24) is 4.72 Å². The molecule has 0 aromatic heterocycles.